The molecule has 3 atom stereocenters. The van der Waals surface area contributed by atoms with Crippen LogP contribution in [0.25, 0.3) is 0 Å². The van der Waals surface area contributed by atoms with Gasteiger partial charge in [-0.05, 0) is 52.4 Å². The van der Waals surface area contributed by atoms with Crippen LogP contribution >= 0.6 is 0 Å². The third kappa shape index (κ3) is 23.2. The molecule has 0 bridgehead atoms. The molecule has 0 aromatic heterocycles. The van der Waals surface area contributed by atoms with Gasteiger partial charge in [-0.25, -0.2) is 0 Å². The van der Waals surface area contributed by atoms with Crippen molar-refractivity contribution < 1.29 is 34.2 Å². The maximum Gasteiger partial charge on any atom is 0.311 e. The summed E-state index contributed by atoms with van der Waals surface area (Å²) < 4.78 is 0.172. The molecule has 0 aliphatic carbocycles. The molecule has 0 saturated heterocycles. The van der Waals surface area contributed by atoms with E-state index in [-0.39, 0.29) is 24.1 Å². The zero-order valence-corrected chi connectivity index (χ0v) is 28.3. The van der Waals surface area contributed by atoms with Gasteiger partial charge in [0, 0.05) is 11.9 Å². The zero-order valence-electron chi connectivity index (χ0n) is 28.3. The first-order valence-corrected chi connectivity index (χ1v) is 17.7. The van der Waals surface area contributed by atoms with Gasteiger partial charge >= 0.3 is 11.9 Å². The van der Waals surface area contributed by atoms with Crippen LogP contribution in [0.3, 0.4) is 0 Å². The van der Waals surface area contributed by atoms with Gasteiger partial charge in [-0.3, -0.25) is 9.59 Å². The Balaban J connectivity index is 4.19. The average molecular weight is 610 g/mol. The molecule has 0 aromatic carbocycles. The van der Waals surface area contributed by atoms with Gasteiger partial charge in [0.1, 0.15) is 11.8 Å². The average Bonchev–Trinajstić information content (AvgIpc) is 2.95. The molecular formula is C36H67NO6. The molecule has 7 nitrogen and oxygen atoms in total. The predicted octanol–water partition coefficient (Wildman–Crippen LogP) is 8.01. The second-order valence-electron chi connectivity index (χ2n) is 13.4. The Hall–Kier alpha value is -1.89. The van der Waals surface area contributed by atoms with Crippen molar-refractivity contribution in [2.24, 2.45) is 17.8 Å². The van der Waals surface area contributed by atoms with Gasteiger partial charge in [0.05, 0.1) is 26.2 Å². The number of carbonyl (C=O) groups excluding carboxylic acids is 1. The van der Waals surface area contributed by atoms with Crippen molar-refractivity contribution in [1.82, 2.24) is 0 Å². The van der Waals surface area contributed by atoms with Crippen molar-refractivity contribution in [3.8, 4) is 0 Å². The molecule has 0 radical (unpaired) electrons. The van der Waals surface area contributed by atoms with Gasteiger partial charge < -0.3 is 24.6 Å². The first-order chi connectivity index (χ1) is 20.5. The highest BCUT2D eigenvalue weighted by atomic mass is 16.4. The lowest BCUT2D eigenvalue weighted by Crippen LogP contribution is -2.58. The van der Waals surface area contributed by atoms with E-state index in [0.29, 0.717) is 6.54 Å². The van der Waals surface area contributed by atoms with Gasteiger partial charge in [-0.2, -0.15) is 0 Å². The molecule has 2 N–H and O–H groups in total. The third-order valence-electron chi connectivity index (χ3n) is 8.87. The summed E-state index contributed by atoms with van der Waals surface area (Å²) in [7, 11) is 0. The number of rotatable bonds is 31. The Morgan fingerprint density at radius 2 is 0.884 bits per heavy atom. The fraction of sp³-hybridized carbons (Fsp3) is 0.861. The van der Waals surface area contributed by atoms with E-state index in [9.17, 15) is 29.7 Å². The largest absolute Gasteiger partial charge is 0.550 e. The number of carbonyl (C=O) groups is 3. The summed E-state index contributed by atoms with van der Waals surface area (Å²) in [5.41, 5.74) is 0. The molecule has 0 aliphatic rings. The Kier molecular flexibility index (Phi) is 25.3. The van der Waals surface area contributed by atoms with Crippen LogP contribution in [-0.4, -0.2) is 58.8 Å². The first-order valence-electron chi connectivity index (χ1n) is 17.7. The SMILES string of the molecule is CCCCCCCCCCCCCCCCC/C=C/CCCCC[N+](CC(C)C(=O)[O-])(CC(C)C(=O)O)CC(C)C(=O)O. The smallest absolute Gasteiger partial charge is 0.311 e. The molecule has 0 aliphatic heterocycles. The van der Waals surface area contributed by atoms with Gasteiger partial charge in [0.15, 0.2) is 0 Å². The highest BCUT2D eigenvalue weighted by Gasteiger charge is 2.36. The summed E-state index contributed by atoms with van der Waals surface area (Å²) in [5, 5.41) is 30.6. The normalized spacial score (nSPS) is 15.3. The van der Waals surface area contributed by atoms with Crippen LogP contribution in [0, 0.1) is 17.8 Å². The van der Waals surface area contributed by atoms with Gasteiger partial charge in [0.25, 0.3) is 0 Å². The Bertz CT molecular complexity index is 697. The lowest BCUT2D eigenvalue weighted by molar-refractivity contribution is -0.934. The van der Waals surface area contributed by atoms with E-state index in [4.69, 9.17) is 0 Å². The summed E-state index contributed by atoms with van der Waals surface area (Å²) >= 11 is 0. The first kappa shape index (κ1) is 41.1. The second-order valence-corrected chi connectivity index (χ2v) is 13.4. The molecule has 0 rings (SSSR count). The highest BCUT2D eigenvalue weighted by Crippen LogP contribution is 2.22. The van der Waals surface area contributed by atoms with E-state index < -0.39 is 35.7 Å². The minimum Gasteiger partial charge on any atom is -0.550 e. The van der Waals surface area contributed by atoms with Crippen LogP contribution in [0.15, 0.2) is 12.2 Å². The lowest BCUT2D eigenvalue weighted by Gasteiger charge is -2.43. The molecule has 0 saturated carbocycles. The van der Waals surface area contributed by atoms with Crippen molar-refractivity contribution >= 4 is 17.9 Å². The molecule has 0 heterocycles. The monoisotopic (exact) mass is 609 g/mol. The van der Waals surface area contributed by atoms with Crippen LogP contribution in [0.2, 0.25) is 0 Å². The fourth-order valence-corrected chi connectivity index (χ4v) is 6.23. The van der Waals surface area contributed by atoms with Crippen LogP contribution in [0.1, 0.15) is 156 Å². The second kappa shape index (κ2) is 26.5. The number of hydrogen-bond acceptors (Lipinski definition) is 4. The van der Waals surface area contributed by atoms with Crippen LogP contribution in [0.4, 0.5) is 0 Å². The number of unbranched alkanes of at least 4 members (excludes halogenated alkanes) is 18. The molecule has 3 unspecified atom stereocenters. The van der Waals surface area contributed by atoms with Crippen molar-refractivity contribution in [1.29, 1.82) is 0 Å². The maximum absolute atomic E-state index is 11.6. The number of hydrogen-bond donors (Lipinski definition) is 2. The summed E-state index contributed by atoms with van der Waals surface area (Å²) in [6.07, 6.45) is 30.0. The topological polar surface area (TPSA) is 115 Å². The quantitative estimate of drug-likeness (QED) is 0.0467. The fourth-order valence-electron chi connectivity index (χ4n) is 6.23. The number of carboxylic acid groups (broad SMARTS) is 3. The number of nitrogens with zero attached hydrogens (tertiary/aromatic N) is 1. The standard InChI is InChI=1S/C36H67NO6/c1-5-6-7-8-9-10-11-12-13-14-15-16-17-18-19-20-21-22-23-24-25-26-27-37(28-31(2)34(38)39,29-32(3)35(40)41)30-33(4)36(42)43/h21-22,31-33H,5-20,23-30H2,1-4H3,(H2-,38,39,40,41,42,43)/b22-21+. The molecule has 0 spiro atoms. The maximum atomic E-state index is 11.6. The Labute approximate surface area is 264 Å². The van der Waals surface area contributed by atoms with E-state index in [1.807, 2.05) is 0 Å². The van der Waals surface area contributed by atoms with Crippen molar-refractivity contribution in [3.63, 3.8) is 0 Å². The van der Waals surface area contributed by atoms with Crippen LogP contribution in [-0.2, 0) is 14.4 Å². The molecule has 0 fully saturated rings. The number of quaternary nitrogens is 1. The Morgan fingerprint density at radius 3 is 1.23 bits per heavy atom. The number of aliphatic carboxylic acids is 3. The predicted molar refractivity (Wildman–Crippen MR) is 175 cm³/mol. The van der Waals surface area contributed by atoms with E-state index in [1.54, 1.807) is 20.8 Å². The molecule has 43 heavy (non-hydrogen) atoms. The number of allylic oxidation sites excluding steroid dienone is 2. The van der Waals surface area contributed by atoms with Gasteiger partial charge in [-0.1, -0.05) is 116 Å². The van der Waals surface area contributed by atoms with Gasteiger partial charge in [-0.15, -0.1) is 0 Å². The summed E-state index contributed by atoms with van der Waals surface area (Å²) in [6.45, 7) is 8.21. The minimum atomic E-state index is -1.19. The summed E-state index contributed by atoms with van der Waals surface area (Å²) in [4.78, 5) is 34.8. The van der Waals surface area contributed by atoms with Crippen molar-refractivity contribution in [3.05, 3.63) is 12.2 Å². The molecule has 0 amide bonds. The lowest BCUT2D eigenvalue weighted by atomic mass is 10.0. The van der Waals surface area contributed by atoms with Gasteiger partial charge in [0.2, 0.25) is 0 Å². The van der Waals surface area contributed by atoms with E-state index in [2.05, 4.69) is 19.1 Å². The van der Waals surface area contributed by atoms with Crippen molar-refractivity contribution in [2.45, 2.75) is 156 Å². The van der Waals surface area contributed by atoms with Crippen LogP contribution in [0.5, 0.6) is 0 Å². The van der Waals surface area contributed by atoms with E-state index >= 15 is 0 Å². The summed E-state index contributed by atoms with van der Waals surface area (Å²) in [5.74, 6) is -5.27. The third-order valence-corrected chi connectivity index (χ3v) is 8.87. The minimum absolute atomic E-state index is 0.172. The van der Waals surface area contributed by atoms with Crippen molar-refractivity contribution in [2.75, 3.05) is 26.2 Å². The number of carboxylic acids is 3. The van der Waals surface area contributed by atoms with E-state index in [1.165, 1.54) is 96.3 Å². The molecular weight excluding hydrogens is 542 g/mol. The summed E-state index contributed by atoms with van der Waals surface area (Å²) in [6, 6.07) is 0. The zero-order chi connectivity index (χ0) is 32.3. The van der Waals surface area contributed by atoms with E-state index in [0.717, 1.165) is 32.1 Å². The Morgan fingerprint density at radius 1 is 0.558 bits per heavy atom. The molecule has 252 valence electrons. The van der Waals surface area contributed by atoms with Crippen LogP contribution < -0.4 is 5.11 Å². The molecule has 7 heteroatoms. The molecule has 0 aromatic rings. The highest BCUT2D eigenvalue weighted by molar-refractivity contribution is 5.70.